The van der Waals surface area contributed by atoms with Gasteiger partial charge in [-0.1, -0.05) is 24.3 Å². The van der Waals surface area contributed by atoms with Crippen LogP contribution < -0.4 is 5.56 Å². The molecule has 1 fully saturated rings. The molecule has 5 aromatic rings. The predicted octanol–water partition coefficient (Wildman–Crippen LogP) is 5.40. The van der Waals surface area contributed by atoms with Gasteiger partial charge in [-0.05, 0) is 42.3 Å². The van der Waals surface area contributed by atoms with Crippen molar-refractivity contribution in [3.63, 3.8) is 0 Å². The van der Waals surface area contributed by atoms with E-state index in [1.165, 1.54) is 0 Å². The van der Waals surface area contributed by atoms with E-state index in [2.05, 4.69) is 34.6 Å². The van der Waals surface area contributed by atoms with Gasteiger partial charge in [0.15, 0.2) is 0 Å². The summed E-state index contributed by atoms with van der Waals surface area (Å²) in [6, 6.07) is 18.5. The Hall–Kier alpha value is -3.31. The molecule has 4 nitrogen and oxygen atoms in total. The third kappa shape index (κ3) is 2.69. The number of rotatable bonds is 3. The van der Waals surface area contributed by atoms with Crippen molar-refractivity contribution in [2.45, 2.75) is 18.4 Å². The van der Waals surface area contributed by atoms with E-state index in [9.17, 15) is 4.79 Å². The normalized spacial score (nSPS) is 18.3. The molecule has 5 heteroatoms. The zero-order valence-corrected chi connectivity index (χ0v) is 16.3. The number of benzene rings is 1. The van der Waals surface area contributed by atoms with E-state index < -0.39 is 0 Å². The number of para-hydroxylation sites is 1. The summed E-state index contributed by atoms with van der Waals surface area (Å²) in [7, 11) is 0. The molecule has 1 saturated carbocycles. The maximum atomic E-state index is 13.4. The van der Waals surface area contributed by atoms with E-state index in [1.807, 2.05) is 41.1 Å². The maximum absolute atomic E-state index is 13.4. The second kappa shape index (κ2) is 6.36. The van der Waals surface area contributed by atoms with Crippen LogP contribution in [0.1, 0.15) is 24.1 Å². The molecule has 0 amide bonds. The summed E-state index contributed by atoms with van der Waals surface area (Å²) in [5.74, 6) is 0.290. The molecule has 0 bridgehead atoms. The van der Waals surface area contributed by atoms with Crippen LogP contribution in [0.2, 0.25) is 0 Å². The highest BCUT2D eigenvalue weighted by Crippen LogP contribution is 2.50. The highest BCUT2D eigenvalue weighted by molar-refractivity contribution is 7.17. The molecule has 0 radical (unpaired) electrons. The van der Waals surface area contributed by atoms with Gasteiger partial charge < -0.3 is 4.57 Å². The summed E-state index contributed by atoms with van der Waals surface area (Å²) in [6.07, 6.45) is 6.43. The standard InChI is InChI=1S/C24H17N3OS/c28-24-23-18(15-7-10-25-11-8-15)14-29-22(23)9-12-27(24)21-13-17(21)20-6-5-16-3-1-2-4-19(16)26-20/h1-12,14,17,21H,13H2/t17-,21-/m1/s1. The molecule has 4 aromatic heterocycles. The number of aromatic nitrogens is 3. The quantitative estimate of drug-likeness (QED) is 0.411. The van der Waals surface area contributed by atoms with Crippen molar-refractivity contribution in [1.29, 1.82) is 0 Å². The van der Waals surface area contributed by atoms with Gasteiger partial charge in [-0.3, -0.25) is 14.8 Å². The third-order valence-corrected chi connectivity index (χ3v) is 6.71. The van der Waals surface area contributed by atoms with Crippen LogP contribution in [-0.2, 0) is 0 Å². The van der Waals surface area contributed by atoms with Crippen LogP contribution in [-0.4, -0.2) is 14.5 Å². The summed E-state index contributed by atoms with van der Waals surface area (Å²) in [6.45, 7) is 0. The molecule has 0 spiro atoms. The van der Waals surface area contributed by atoms with Crippen LogP contribution in [0.25, 0.3) is 32.1 Å². The summed E-state index contributed by atoms with van der Waals surface area (Å²) in [5.41, 5.74) is 4.19. The zero-order valence-electron chi connectivity index (χ0n) is 15.5. The number of hydrogen-bond acceptors (Lipinski definition) is 4. The molecule has 0 N–H and O–H groups in total. The molecular weight excluding hydrogens is 378 g/mol. The Balaban J connectivity index is 1.41. The Kier molecular flexibility index (Phi) is 3.64. The Bertz CT molecular complexity index is 1420. The van der Waals surface area contributed by atoms with E-state index >= 15 is 0 Å². The first-order valence-corrected chi connectivity index (χ1v) is 10.6. The minimum atomic E-state index is 0.0869. The monoisotopic (exact) mass is 395 g/mol. The summed E-state index contributed by atoms with van der Waals surface area (Å²) < 4.78 is 2.93. The second-order valence-corrected chi connectivity index (χ2v) is 8.40. The first kappa shape index (κ1) is 16.6. The van der Waals surface area contributed by atoms with E-state index in [0.29, 0.717) is 0 Å². The Morgan fingerprint density at radius 2 is 1.86 bits per heavy atom. The lowest BCUT2D eigenvalue weighted by atomic mass is 10.1. The molecule has 1 aliphatic carbocycles. The third-order valence-electron chi connectivity index (χ3n) is 5.76. The fourth-order valence-electron chi connectivity index (χ4n) is 4.16. The summed E-state index contributed by atoms with van der Waals surface area (Å²) in [5, 5.41) is 4.02. The molecule has 1 aliphatic rings. The van der Waals surface area contributed by atoms with Gasteiger partial charge in [-0.15, -0.1) is 11.3 Å². The highest BCUT2D eigenvalue weighted by Gasteiger charge is 2.41. The average Bonchev–Trinajstić information content (AvgIpc) is 3.44. The first-order valence-electron chi connectivity index (χ1n) is 9.68. The van der Waals surface area contributed by atoms with Gasteiger partial charge in [0.1, 0.15) is 0 Å². The van der Waals surface area contributed by atoms with Crippen molar-refractivity contribution in [3.8, 4) is 11.1 Å². The predicted molar refractivity (Wildman–Crippen MR) is 117 cm³/mol. The summed E-state index contributed by atoms with van der Waals surface area (Å²) in [4.78, 5) is 22.3. The molecule has 1 aromatic carbocycles. The van der Waals surface area contributed by atoms with Gasteiger partial charge in [0, 0.05) is 57.3 Å². The molecule has 0 unspecified atom stereocenters. The second-order valence-electron chi connectivity index (χ2n) is 7.49. The minimum Gasteiger partial charge on any atom is -0.311 e. The lowest BCUT2D eigenvalue weighted by Crippen LogP contribution is -2.18. The Morgan fingerprint density at radius 3 is 2.76 bits per heavy atom. The van der Waals surface area contributed by atoms with Crippen LogP contribution in [0.5, 0.6) is 0 Å². The van der Waals surface area contributed by atoms with Gasteiger partial charge in [0.25, 0.3) is 5.56 Å². The zero-order chi connectivity index (χ0) is 19.4. The Morgan fingerprint density at radius 1 is 1.00 bits per heavy atom. The van der Waals surface area contributed by atoms with Crippen LogP contribution in [0.4, 0.5) is 0 Å². The summed E-state index contributed by atoms with van der Waals surface area (Å²) >= 11 is 1.62. The topological polar surface area (TPSA) is 47.8 Å². The van der Waals surface area contributed by atoms with Gasteiger partial charge in [0.05, 0.1) is 10.9 Å². The highest BCUT2D eigenvalue weighted by atomic mass is 32.1. The van der Waals surface area contributed by atoms with Gasteiger partial charge in [-0.2, -0.15) is 0 Å². The van der Waals surface area contributed by atoms with Crippen molar-refractivity contribution in [2.75, 3.05) is 0 Å². The molecule has 0 saturated heterocycles. The number of pyridine rings is 3. The van der Waals surface area contributed by atoms with Crippen LogP contribution in [0, 0.1) is 0 Å². The van der Waals surface area contributed by atoms with Crippen molar-refractivity contribution < 1.29 is 0 Å². The Labute approximate surface area is 171 Å². The van der Waals surface area contributed by atoms with Gasteiger partial charge in [-0.25, -0.2) is 0 Å². The van der Waals surface area contributed by atoms with Crippen LogP contribution in [0.15, 0.2) is 83.4 Å². The van der Waals surface area contributed by atoms with E-state index in [-0.39, 0.29) is 17.5 Å². The van der Waals surface area contributed by atoms with Gasteiger partial charge in [0.2, 0.25) is 0 Å². The number of nitrogens with zero attached hydrogens (tertiary/aromatic N) is 3. The maximum Gasteiger partial charge on any atom is 0.260 e. The van der Waals surface area contributed by atoms with Gasteiger partial charge >= 0.3 is 0 Å². The SMILES string of the molecule is O=c1c2c(-c3ccncc3)csc2ccn1[C@@H]1C[C@@H]1c1ccc2ccccc2n1. The fourth-order valence-corrected chi connectivity index (χ4v) is 5.11. The van der Waals surface area contributed by atoms with E-state index in [4.69, 9.17) is 4.98 Å². The number of fused-ring (bicyclic) bond motifs is 2. The minimum absolute atomic E-state index is 0.0869. The molecular formula is C24H17N3OS. The first-order chi connectivity index (χ1) is 14.3. The molecule has 4 heterocycles. The fraction of sp³-hybridized carbons (Fsp3) is 0.125. The van der Waals surface area contributed by atoms with Crippen molar-refractivity contribution in [3.05, 3.63) is 94.6 Å². The van der Waals surface area contributed by atoms with Crippen molar-refractivity contribution in [2.24, 2.45) is 0 Å². The molecule has 29 heavy (non-hydrogen) atoms. The van der Waals surface area contributed by atoms with Crippen LogP contribution >= 0.6 is 11.3 Å². The molecule has 6 rings (SSSR count). The lowest BCUT2D eigenvalue weighted by Gasteiger charge is -2.07. The number of hydrogen-bond donors (Lipinski definition) is 0. The molecule has 2 atom stereocenters. The number of thiophene rings is 1. The van der Waals surface area contributed by atoms with Crippen molar-refractivity contribution in [1.82, 2.24) is 14.5 Å². The lowest BCUT2D eigenvalue weighted by molar-refractivity contribution is 0.688. The van der Waals surface area contributed by atoms with E-state index in [1.54, 1.807) is 23.7 Å². The van der Waals surface area contributed by atoms with E-state index in [0.717, 1.165) is 44.2 Å². The molecule has 0 aliphatic heterocycles. The average molecular weight is 395 g/mol. The molecule has 140 valence electrons. The smallest absolute Gasteiger partial charge is 0.260 e. The largest absolute Gasteiger partial charge is 0.311 e. The van der Waals surface area contributed by atoms with Crippen molar-refractivity contribution >= 4 is 32.3 Å². The van der Waals surface area contributed by atoms with Crippen LogP contribution in [0.3, 0.4) is 0 Å².